The van der Waals surface area contributed by atoms with Crippen molar-refractivity contribution in [1.82, 2.24) is 29.4 Å². The van der Waals surface area contributed by atoms with E-state index in [4.69, 9.17) is 4.74 Å². The molecular weight excluding hydrogens is 354 g/mol. The topological polar surface area (TPSA) is 85.1 Å². The molecule has 8 nitrogen and oxygen atoms in total. The number of benzene rings is 1. The zero-order valence-corrected chi connectivity index (χ0v) is 15.0. The van der Waals surface area contributed by atoms with Crippen molar-refractivity contribution in [2.24, 2.45) is 0 Å². The van der Waals surface area contributed by atoms with E-state index in [9.17, 15) is 0 Å². The first kappa shape index (κ1) is 15.4. The van der Waals surface area contributed by atoms with Crippen LogP contribution in [-0.2, 0) is 17.9 Å². The quantitative estimate of drug-likeness (QED) is 0.508. The summed E-state index contributed by atoms with van der Waals surface area (Å²) < 4.78 is 9.52. The predicted molar refractivity (Wildman–Crippen MR) is 105 cm³/mol. The molecule has 0 aliphatic carbocycles. The molecule has 0 bridgehead atoms. The average molecular weight is 371 g/mol. The largest absolute Gasteiger partial charge is 0.373 e. The summed E-state index contributed by atoms with van der Waals surface area (Å²) >= 11 is 0. The molecule has 0 radical (unpaired) electrons. The standard InChI is InChI=1S/C20H17N7O/c1-2-14-10-22-24-17(14)7-13(1)15-8-18(20-21-3-4-26(20)11-15)23-19-9-16-12-28-6-5-27(16)25-19/h1-4,7-11H,5-6,12H2,(H,22,24)(H,23,25). The zero-order valence-electron chi connectivity index (χ0n) is 15.0. The summed E-state index contributed by atoms with van der Waals surface area (Å²) in [5, 5.41) is 16.3. The van der Waals surface area contributed by atoms with Gasteiger partial charge in [0.25, 0.3) is 0 Å². The Morgan fingerprint density at radius 1 is 1.14 bits per heavy atom. The fraction of sp³-hybridized carbons (Fsp3) is 0.150. The van der Waals surface area contributed by atoms with Crippen molar-refractivity contribution in [3.8, 4) is 11.1 Å². The Balaban J connectivity index is 1.44. The van der Waals surface area contributed by atoms with E-state index in [0.717, 1.165) is 51.4 Å². The Labute approximate surface area is 159 Å². The van der Waals surface area contributed by atoms with Crippen LogP contribution in [0.4, 0.5) is 11.5 Å². The first-order chi connectivity index (χ1) is 13.8. The Bertz CT molecular complexity index is 1290. The van der Waals surface area contributed by atoms with E-state index in [1.165, 1.54) is 0 Å². The van der Waals surface area contributed by atoms with Crippen LogP contribution in [0.1, 0.15) is 5.69 Å². The van der Waals surface area contributed by atoms with Gasteiger partial charge in [0.1, 0.15) is 0 Å². The summed E-state index contributed by atoms with van der Waals surface area (Å²) in [6, 6.07) is 10.4. The number of nitrogens with zero attached hydrogens (tertiary/aromatic N) is 5. The van der Waals surface area contributed by atoms with Crippen LogP contribution >= 0.6 is 0 Å². The van der Waals surface area contributed by atoms with Crippen LogP contribution in [0.25, 0.3) is 27.7 Å². The highest BCUT2D eigenvalue weighted by Crippen LogP contribution is 2.29. The second-order valence-corrected chi connectivity index (χ2v) is 6.89. The molecule has 5 heterocycles. The minimum atomic E-state index is 0.595. The maximum Gasteiger partial charge on any atom is 0.160 e. The molecule has 0 saturated heterocycles. The molecule has 2 N–H and O–H groups in total. The first-order valence-electron chi connectivity index (χ1n) is 9.15. The second-order valence-electron chi connectivity index (χ2n) is 6.89. The van der Waals surface area contributed by atoms with Crippen LogP contribution < -0.4 is 5.32 Å². The SMILES string of the molecule is c1cn2cc(-c3ccc4cn[nH]c4c3)cc(Nc3cc4n(n3)CCOC4)c2n1. The minimum Gasteiger partial charge on any atom is -0.373 e. The fourth-order valence-corrected chi connectivity index (χ4v) is 3.69. The maximum atomic E-state index is 5.51. The van der Waals surface area contributed by atoms with Gasteiger partial charge in [-0.1, -0.05) is 12.1 Å². The normalized spacial score (nSPS) is 13.9. The molecule has 0 atom stereocenters. The molecule has 0 spiro atoms. The molecule has 138 valence electrons. The van der Waals surface area contributed by atoms with Gasteiger partial charge in [-0.05, 0) is 17.7 Å². The molecule has 4 aromatic heterocycles. The molecule has 1 aliphatic heterocycles. The van der Waals surface area contributed by atoms with Crippen LogP contribution in [0.5, 0.6) is 0 Å². The van der Waals surface area contributed by atoms with Crippen molar-refractivity contribution >= 4 is 28.1 Å². The van der Waals surface area contributed by atoms with Gasteiger partial charge in [0, 0.05) is 35.6 Å². The Morgan fingerprint density at radius 3 is 3.11 bits per heavy atom. The van der Waals surface area contributed by atoms with Gasteiger partial charge in [0.2, 0.25) is 0 Å². The van der Waals surface area contributed by atoms with Gasteiger partial charge in [-0.3, -0.25) is 9.78 Å². The van der Waals surface area contributed by atoms with E-state index in [2.05, 4.69) is 56.1 Å². The lowest BCUT2D eigenvalue weighted by molar-refractivity contribution is 0.0801. The van der Waals surface area contributed by atoms with Gasteiger partial charge in [-0.15, -0.1) is 0 Å². The molecule has 0 amide bonds. The number of anilines is 2. The fourth-order valence-electron chi connectivity index (χ4n) is 3.69. The zero-order chi connectivity index (χ0) is 18.5. The molecule has 28 heavy (non-hydrogen) atoms. The van der Waals surface area contributed by atoms with Gasteiger partial charge in [-0.25, -0.2) is 4.98 Å². The number of hydrogen-bond donors (Lipinski definition) is 2. The van der Waals surface area contributed by atoms with Crippen molar-refractivity contribution in [2.75, 3.05) is 11.9 Å². The number of ether oxygens (including phenoxy) is 1. The first-order valence-corrected chi connectivity index (χ1v) is 9.15. The third-order valence-electron chi connectivity index (χ3n) is 5.09. The number of rotatable bonds is 3. The maximum absolute atomic E-state index is 5.51. The van der Waals surface area contributed by atoms with Gasteiger partial charge < -0.3 is 14.5 Å². The van der Waals surface area contributed by atoms with Crippen LogP contribution in [0.2, 0.25) is 0 Å². The Morgan fingerprint density at radius 2 is 2.14 bits per heavy atom. The third kappa shape index (κ3) is 2.46. The highest BCUT2D eigenvalue weighted by Gasteiger charge is 2.14. The van der Waals surface area contributed by atoms with Gasteiger partial charge >= 0.3 is 0 Å². The van der Waals surface area contributed by atoms with E-state index >= 15 is 0 Å². The lowest BCUT2D eigenvalue weighted by atomic mass is 10.1. The number of imidazole rings is 1. The van der Waals surface area contributed by atoms with E-state index in [1.807, 2.05) is 27.5 Å². The summed E-state index contributed by atoms with van der Waals surface area (Å²) in [5.41, 5.74) is 6.04. The number of H-pyrrole nitrogens is 1. The highest BCUT2D eigenvalue weighted by molar-refractivity contribution is 5.86. The van der Waals surface area contributed by atoms with Gasteiger partial charge in [-0.2, -0.15) is 10.2 Å². The number of fused-ring (bicyclic) bond motifs is 3. The summed E-state index contributed by atoms with van der Waals surface area (Å²) in [6.07, 6.45) is 7.66. The van der Waals surface area contributed by atoms with Crippen LogP contribution in [0.3, 0.4) is 0 Å². The van der Waals surface area contributed by atoms with Crippen molar-refractivity contribution in [2.45, 2.75) is 13.2 Å². The molecule has 0 fully saturated rings. The highest BCUT2D eigenvalue weighted by atomic mass is 16.5. The molecule has 8 heteroatoms. The van der Waals surface area contributed by atoms with Gasteiger partial charge in [0.15, 0.2) is 11.5 Å². The number of nitrogens with one attached hydrogen (secondary N) is 2. The monoisotopic (exact) mass is 371 g/mol. The molecule has 1 aliphatic rings. The van der Waals surface area contributed by atoms with Gasteiger partial charge in [0.05, 0.1) is 42.9 Å². The number of hydrogen-bond acceptors (Lipinski definition) is 5. The number of pyridine rings is 1. The van der Waals surface area contributed by atoms with E-state index < -0.39 is 0 Å². The minimum absolute atomic E-state index is 0.595. The van der Waals surface area contributed by atoms with Crippen LogP contribution in [0.15, 0.2) is 55.1 Å². The predicted octanol–water partition coefficient (Wildman–Crippen LogP) is 3.35. The summed E-state index contributed by atoms with van der Waals surface area (Å²) in [7, 11) is 0. The lowest BCUT2D eigenvalue weighted by Crippen LogP contribution is -2.16. The van der Waals surface area contributed by atoms with E-state index in [0.29, 0.717) is 13.2 Å². The molecule has 0 unspecified atom stereocenters. The summed E-state index contributed by atoms with van der Waals surface area (Å²) in [4.78, 5) is 4.50. The molecular formula is C20H17N7O. The van der Waals surface area contributed by atoms with Crippen LogP contribution in [0, 0.1) is 0 Å². The van der Waals surface area contributed by atoms with E-state index in [-0.39, 0.29) is 0 Å². The smallest absolute Gasteiger partial charge is 0.160 e. The van der Waals surface area contributed by atoms with Crippen molar-refractivity contribution in [3.05, 3.63) is 60.8 Å². The van der Waals surface area contributed by atoms with Crippen LogP contribution in [-0.4, -0.2) is 36.0 Å². The number of aromatic nitrogens is 6. The van der Waals surface area contributed by atoms with Crippen molar-refractivity contribution < 1.29 is 4.74 Å². The summed E-state index contributed by atoms with van der Waals surface area (Å²) in [5.74, 6) is 0.798. The van der Waals surface area contributed by atoms with E-state index in [1.54, 1.807) is 6.20 Å². The third-order valence-corrected chi connectivity index (χ3v) is 5.09. The molecule has 1 aromatic carbocycles. The Hall–Kier alpha value is -3.65. The molecule has 5 aromatic rings. The summed E-state index contributed by atoms with van der Waals surface area (Å²) in [6.45, 7) is 2.07. The number of aromatic amines is 1. The van der Waals surface area contributed by atoms with Crippen molar-refractivity contribution in [1.29, 1.82) is 0 Å². The average Bonchev–Trinajstić information content (AvgIpc) is 3.45. The van der Waals surface area contributed by atoms with Crippen molar-refractivity contribution in [3.63, 3.8) is 0 Å². The lowest BCUT2D eigenvalue weighted by Gasteiger charge is -2.12. The second kappa shape index (κ2) is 5.93. The Kier molecular flexibility index (Phi) is 3.26. The molecule has 6 rings (SSSR count). The molecule has 0 saturated carbocycles.